The van der Waals surface area contributed by atoms with Gasteiger partial charge in [0, 0.05) is 5.41 Å². The van der Waals surface area contributed by atoms with Crippen LogP contribution in [0.4, 0.5) is 0 Å². The summed E-state index contributed by atoms with van der Waals surface area (Å²) in [7, 11) is -3.29. The SMILES string of the molecule is O=S(=O)(/C=C1\CCOC1)c1ccccc1. The standard InChI is InChI=1S/C11H12O3S/c12-15(13,9-10-6-7-14-8-10)11-4-2-1-3-5-11/h1-5,9H,6-8H2/b10-9+. The second-order valence-electron chi connectivity index (χ2n) is 3.44. The monoisotopic (exact) mass is 224 g/mol. The Labute approximate surface area is 89.3 Å². The maximum atomic E-state index is 11.9. The number of hydrogen-bond donors (Lipinski definition) is 0. The van der Waals surface area contributed by atoms with Crippen LogP contribution in [-0.2, 0) is 14.6 Å². The first-order valence-electron chi connectivity index (χ1n) is 4.76. The predicted octanol–water partition coefficient (Wildman–Crippen LogP) is 1.76. The molecule has 0 bridgehead atoms. The Morgan fingerprint density at radius 3 is 2.53 bits per heavy atom. The van der Waals surface area contributed by atoms with Crippen LogP contribution in [0.25, 0.3) is 0 Å². The van der Waals surface area contributed by atoms with E-state index in [9.17, 15) is 8.42 Å². The lowest BCUT2D eigenvalue weighted by atomic mass is 10.3. The largest absolute Gasteiger partial charge is 0.377 e. The first-order valence-corrected chi connectivity index (χ1v) is 6.30. The Hall–Kier alpha value is -1.13. The smallest absolute Gasteiger partial charge is 0.199 e. The third-order valence-electron chi connectivity index (χ3n) is 2.25. The van der Waals surface area contributed by atoms with E-state index >= 15 is 0 Å². The maximum absolute atomic E-state index is 11.9. The molecule has 15 heavy (non-hydrogen) atoms. The number of ether oxygens (including phenoxy) is 1. The van der Waals surface area contributed by atoms with Gasteiger partial charge in [0.15, 0.2) is 9.84 Å². The molecule has 0 aliphatic carbocycles. The number of hydrogen-bond acceptors (Lipinski definition) is 3. The molecule has 0 N–H and O–H groups in total. The minimum absolute atomic E-state index is 0.337. The molecule has 1 aliphatic heterocycles. The van der Waals surface area contributed by atoms with Crippen molar-refractivity contribution in [2.24, 2.45) is 0 Å². The summed E-state index contributed by atoms with van der Waals surface area (Å²) in [5, 5.41) is 1.33. The summed E-state index contributed by atoms with van der Waals surface area (Å²) in [6, 6.07) is 8.43. The summed E-state index contributed by atoms with van der Waals surface area (Å²) in [5.74, 6) is 0. The molecule has 1 aromatic rings. The molecule has 1 saturated heterocycles. The van der Waals surface area contributed by atoms with Gasteiger partial charge in [0.05, 0.1) is 18.1 Å². The van der Waals surface area contributed by atoms with Gasteiger partial charge in [-0.05, 0) is 24.1 Å². The second kappa shape index (κ2) is 4.16. The number of sulfone groups is 1. The van der Waals surface area contributed by atoms with Gasteiger partial charge >= 0.3 is 0 Å². The zero-order chi connectivity index (χ0) is 10.7. The Morgan fingerprint density at radius 1 is 1.20 bits per heavy atom. The van der Waals surface area contributed by atoms with Crippen LogP contribution in [-0.4, -0.2) is 21.6 Å². The summed E-state index contributed by atoms with van der Waals surface area (Å²) in [6.07, 6.45) is 0.714. The van der Waals surface area contributed by atoms with Gasteiger partial charge in [-0.1, -0.05) is 18.2 Å². The average molecular weight is 224 g/mol. The lowest BCUT2D eigenvalue weighted by Crippen LogP contribution is -1.98. The van der Waals surface area contributed by atoms with E-state index in [0.29, 0.717) is 24.5 Å². The minimum atomic E-state index is -3.29. The van der Waals surface area contributed by atoms with Crippen molar-refractivity contribution in [2.45, 2.75) is 11.3 Å². The number of benzene rings is 1. The Balaban J connectivity index is 2.32. The van der Waals surface area contributed by atoms with E-state index in [0.717, 1.165) is 5.57 Å². The molecule has 0 radical (unpaired) electrons. The quantitative estimate of drug-likeness (QED) is 0.769. The molecule has 3 nitrogen and oxygen atoms in total. The van der Waals surface area contributed by atoms with E-state index in [-0.39, 0.29) is 0 Å². The molecule has 0 unspecified atom stereocenters. The van der Waals surface area contributed by atoms with Crippen molar-refractivity contribution in [2.75, 3.05) is 13.2 Å². The first kappa shape index (κ1) is 10.4. The highest BCUT2D eigenvalue weighted by molar-refractivity contribution is 7.94. The van der Waals surface area contributed by atoms with Gasteiger partial charge in [-0.2, -0.15) is 0 Å². The van der Waals surface area contributed by atoms with Crippen LogP contribution in [0.15, 0.2) is 46.2 Å². The van der Waals surface area contributed by atoms with E-state index in [2.05, 4.69) is 0 Å². The third-order valence-corrected chi connectivity index (χ3v) is 3.82. The van der Waals surface area contributed by atoms with Crippen molar-refractivity contribution in [1.29, 1.82) is 0 Å². The van der Waals surface area contributed by atoms with Gasteiger partial charge in [0.1, 0.15) is 0 Å². The molecule has 0 aromatic heterocycles. The highest BCUT2D eigenvalue weighted by Gasteiger charge is 2.14. The molecule has 0 saturated carbocycles. The highest BCUT2D eigenvalue weighted by Crippen LogP contribution is 2.17. The first-order chi connectivity index (χ1) is 7.18. The molecule has 0 atom stereocenters. The summed E-state index contributed by atoms with van der Waals surface area (Å²) >= 11 is 0. The summed E-state index contributed by atoms with van der Waals surface area (Å²) in [6.45, 7) is 1.06. The molecule has 1 heterocycles. The van der Waals surface area contributed by atoms with Gasteiger partial charge < -0.3 is 4.74 Å². The van der Waals surface area contributed by atoms with Crippen LogP contribution >= 0.6 is 0 Å². The fourth-order valence-corrected chi connectivity index (χ4v) is 2.77. The van der Waals surface area contributed by atoms with E-state index < -0.39 is 9.84 Å². The molecule has 80 valence electrons. The highest BCUT2D eigenvalue weighted by atomic mass is 32.2. The number of rotatable bonds is 2. The fraction of sp³-hybridized carbons (Fsp3) is 0.273. The lowest BCUT2D eigenvalue weighted by Gasteiger charge is -1.99. The second-order valence-corrected chi connectivity index (χ2v) is 5.23. The topological polar surface area (TPSA) is 43.4 Å². The fourth-order valence-electron chi connectivity index (χ4n) is 1.47. The normalized spacial score (nSPS) is 19.6. The van der Waals surface area contributed by atoms with Crippen molar-refractivity contribution in [3.8, 4) is 0 Å². The summed E-state index contributed by atoms with van der Waals surface area (Å²) in [4.78, 5) is 0.337. The van der Waals surface area contributed by atoms with Crippen LogP contribution in [0.5, 0.6) is 0 Å². The van der Waals surface area contributed by atoms with Crippen molar-refractivity contribution < 1.29 is 13.2 Å². The van der Waals surface area contributed by atoms with Crippen LogP contribution in [0, 0.1) is 0 Å². The molecule has 0 spiro atoms. The lowest BCUT2D eigenvalue weighted by molar-refractivity contribution is 0.204. The third kappa shape index (κ3) is 2.46. The molecule has 1 fully saturated rings. The van der Waals surface area contributed by atoms with Gasteiger partial charge in [-0.15, -0.1) is 0 Å². The Bertz CT molecular complexity index is 452. The van der Waals surface area contributed by atoms with E-state index in [1.165, 1.54) is 5.41 Å². The maximum Gasteiger partial charge on any atom is 0.199 e. The van der Waals surface area contributed by atoms with Gasteiger partial charge in [0.2, 0.25) is 0 Å². The van der Waals surface area contributed by atoms with Crippen molar-refractivity contribution in [3.63, 3.8) is 0 Å². The van der Waals surface area contributed by atoms with E-state index in [1.807, 2.05) is 0 Å². The molecular weight excluding hydrogens is 212 g/mol. The molecule has 0 amide bonds. The predicted molar refractivity (Wildman–Crippen MR) is 57.1 cm³/mol. The van der Waals surface area contributed by atoms with Crippen LogP contribution in [0.3, 0.4) is 0 Å². The van der Waals surface area contributed by atoms with Crippen molar-refractivity contribution in [3.05, 3.63) is 41.3 Å². The van der Waals surface area contributed by atoms with Crippen LogP contribution < -0.4 is 0 Å². The van der Waals surface area contributed by atoms with E-state index in [4.69, 9.17) is 4.74 Å². The van der Waals surface area contributed by atoms with Crippen LogP contribution in [0.2, 0.25) is 0 Å². The zero-order valence-electron chi connectivity index (χ0n) is 8.22. The molecular formula is C11H12O3S. The minimum Gasteiger partial charge on any atom is -0.377 e. The van der Waals surface area contributed by atoms with Crippen LogP contribution in [0.1, 0.15) is 6.42 Å². The molecule has 1 aromatic carbocycles. The van der Waals surface area contributed by atoms with Gasteiger partial charge in [-0.25, -0.2) is 8.42 Å². The Kier molecular flexibility index (Phi) is 2.88. The summed E-state index contributed by atoms with van der Waals surface area (Å²) < 4.78 is 28.8. The zero-order valence-corrected chi connectivity index (χ0v) is 9.03. The Morgan fingerprint density at radius 2 is 1.93 bits per heavy atom. The van der Waals surface area contributed by atoms with Gasteiger partial charge in [0.25, 0.3) is 0 Å². The molecule has 4 heteroatoms. The van der Waals surface area contributed by atoms with Crippen molar-refractivity contribution in [1.82, 2.24) is 0 Å². The molecule has 2 rings (SSSR count). The molecule has 1 aliphatic rings. The summed E-state index contributed by atoms with van der Waals surface area (Å²) in [5.41, 5.74) is 0.846. The van der Waals surface area contributed by atoms with E-state index in [1.54, 1.807) is 30.3 Å². The van der Waals surface area contributed by atoms with Crippen molar-refractivity contribution >= 4 is 9.84 Å². The average Bonchev–Trinajstić information content (AvgIpc) is 2.71. The van der Waals surface area contributed by atoms with Gasteiger partial charge in [-0.3, -0.25) is 0 Å².